The monoisotopic (exact) mass is 308 g/mol. The summed E-state index contributed by atoms with van der Waals surface area (Å²) in [6, 6.07) is 0.512. The Labute approximate surface area is 99.0 Å². The van der Waals surface area contributed by atoms with Crippen LogP contribution in [0.3, 0.4) is 0 Å². The number of carbonyl (C=O) groups excluding carboxylic acids is 1. The molecule has 0 aromatic rings. The van der Waals surface area contributed by atoms with Gasteiger partial charge in [0.1, 0.15) is 0 Å². The molecule has 3 nitrogen and oxygen atoms in total. The number of piperidine rings is 1. The zero-order valence-corrected chi connectivity index (χ0v) is 10.6. The summed E-state index contributed by atoms with van der Waals surface area (Å²) in [5.41, 5.74) is 0. The van der Waals surface area contributed by atoms with Gasteiger partial charge < -0.3 is 4.90 Å². The highest BCUT2D eigenvalue weighted by molar-refractivity contribution is 14.1. The van der Waals surface area contributed by atoms with Gasteiger partial charge in [0.05, 0.1) is 4.55 Å². The van der Waals surface area contributed by atoms with Gasteiger partial charge >= 0.3 is 0 Å². The van der Waals surface area contributed by atoms with Crippen molar-refractivity contribution in [1.82, 2.24) is 9.80 Å². The maximum absolute atomic E-state index is 11.7. The van der Waals surface area contributed by atoms with Crippen molar-refractivity contribution in [3.8, 4) is 0 Å². The summed E-state index contributed by atoms with van der Waals surface area (Å²) in [6.07, 6.45) is 4.25. The number of hydrogen-bond acceptors (Lipinski definition) is 2. The van der Waals surface area contributed by atoms with Crippen molar-refractivity contribution >= 4 is 28.5 Å². The van der Waals surface area contributed by atoms with Crippen LogP contribution in [-0.2, 0) is 4.79 Å². The van der Waals surface area contributed by atoms with E-state index in [1.54, 1.807) is 0 Å². The van der Waals surface area contributed by atoms with Gasteiger partial charge in [0.25, 0.3) is 0 Å². The first-order valence-corrected chi connectivity index (χ1v) is 6.91. The molecule has 0 aromatic heterocycles. The van der Waals surface area contributed by atoms with Gasteiger partial charge in [0.2, 0.25) is 5.91 Å². The molecule has 2 fully saturated rings. The fraction of sp³-hybridized carbons (Fsp3) is 0.900. The van der Waals surface area contributed by atoms with Crippen molar-refractivity contribution in [2.45, 2.75) is 31.7 Å². The average Bonchev–Trinajstić information content (AvgIpc) is 2.67. The van der Waals surface area contributed by atoms with Crippen molar-refractivity contribution < 1.29 is 4.79 Å². The van der Waals surface area contributed by atoms with Crippen molar-refractivity contribution in [2.75, 3.05) is 24.2 Å². The summed E-state index contributed by atoms with van der Waals surface area (Å²) in [5, 5.41) is 0. The van der Waals surface area contributed by atoms with Crippen molar-refractivity contribution in [1.29, 1.82) is 0 Å². The number of alkyl halides is 1. The Hall–Kier alpha value is 0.160. The molecular weight excluding hydrogens is 291 g/mol. The van der Waals surface area contributed by atoms with Crippen LogP contribution in [0.25, 0.3) is 0 Å². The lowest BCUT2D eigenvalue weighted by molar-refractivity contribution is -0.135. The Kier molecular flexibility index (Phi) is 3.65. The van der Waals surface area contributed by atoms with Crippen LogP contribution in [0.1, 0.15) is 25.7 Å². The minimum atomic E-state index is 0.386. The topological polar surface area (TPSA) is 23.6 Å². The van der Waals surface area contributed by atoms with E-state index in [1.165, 1.54) is 12.8 Å². The molecule has 14 heavy (non-hydrogen) atoms. The van der Waals surface area contributed by atoms with E-state index < -0.39 is 0 Å². The van der Waals surface area contributed by atoms with Gasteiger partial charge in [-0.3, -0.25) is 9.69 Å². The van der Waals surface area contributed by atoms with Gasteiger partial charge in [-0.25, -0.2) is 0 Å². The molecule has 2 aliphatic rings. The molecule has 0 spiro atoms. The minimum Gasteiger partial charge on any atom is -0.338 e. The maximum Gasteiger partial charge on any atom is 0.222 e. The SMILES string of the molecule is O=C1CCCCN1[C@@H]1CCN(CI)C1. The lowest BCUT2D eigenvalue weighted by Gasteiger charge is -2.32. The van der Waals surface area contributed by atoms with Crippen LogP contribution in [0, 0.1) is 0 Å². The first kappa shape index (κ1) is 10.7. The fourth-order valence-electron chi connectivity index (χ4n) is 2.39. The van der Waals surface area contributed by atoms with E-state index in [-0.39, 0.29) is 0 Å². The second-order valence-electron chi connectivity index (χ2n) is 4.18. The Morgan fingerprint density at radius 2 is 2.21 bits per heavy atom. The largest absolute Gasteiger partial charge is 0.338 e. The first-order valence-electron chi connectivity index (χ1n) is 5.39. The standard InChI is InChI=1S/C10H17IN2O/c11-8-12-6-4-9(7-12)13-5-2-1-3-10(13)14/h9H,1-8H2/t9-/m1/s1. The molecule has 0 unspecified atom stereocenters. The number of amides is 1. The van der Waals surface area contributed by atoms with E-state index in [4.69, 9.17) is 0 Å². The lowest BCUT2D eigenvalue weighted by Crippen LogP contribution is -2.44. The molecule has 0 radical (unpaired) electrons. The Balaban J connectivity index is 1.91. The van der Waals surface area contributed by atoms with Crippen LogP contribution in [0.15, 0.2) is 0 Å². The van der Waals surface area contributed by atoms with Gasteiger partial charge in [0, 0.05) is 32.1 Å². The first-order chi connectivity index (χ1) is 6.81. The van der Waals surface area contributed by atoms with Crippen molar-refractivity contribution in [2.24, 2.45) is 0 Å². The van der Waals surface area contributed by atoms with Crippen LogP contribution in [0.4, 0.5) is 0 Å². The number of hydrogen-bond donors (Lipinski definition) is 0. The normalized spacial score (nSPS) is 29.9. The molecule has 0 bridgehead atoms. The smallest absolute Gasteiger partial charge is 0.222 e. The fourth-order valence-corrected chi connectivity index (χ4v) is 3.01. The molecular formula is C10H17IN2O. The molecule has 2 aliphatic heterocycles. The van der Waals surface area contributed by atoms with E-state index >= 15 is 0 Å². The molecule has 2 rings (SSSR count). The number of halogens is 1. The average molecular weight is 308 g/mol. The minimum absolute atomic E-state index is 0.386. The highest BCUT2D eigenvalue weighted by Gasteiger charge is 2.31. The summed E-state index contributed by atoms with van der Waals surface area (Å²) in [6.45, 7) is 3.25. The van der Waals surface area contributed by atoms with E-state index in [0.717, 1.165) is 37.0 Å². The maximum atomic E-state index is 11.7. The number of nitrogens with zero attached hydrogens (tertiary/aromatic N) is 2. The zero-order chi connectivity index (χ0) is 9.97. The van der Waals surface area contributed by atoms with E-state index in [1.807, 2.05) is 0 Å². The Morgan fingerprint density at radius 1 is 1.36 bits per heavy atom. The summed E-state index contributed by atoms with van der Waals surface area (Å²) in [4.78, 5) is 16.2. The third-order valence-corrected chi connectivity index (χ3v) is 4.18. The van der Waals surface area contributed by atoms with Gasteiger partial charge in [0.15, 0.2) is 0 Å². The molecule has 0 aliphatic carbocycles. The van der Waals surface area contributed by atoms with Gasteiger partial charge in [-0.1, -0.05) is 22.6 Å². The predicted molar refractivity (Wildman–Crippen MR) is 64.4 cm³/mol. The van der Waals surface area contributed by atoms with Crippen LogP contribution in [-0.4, -0.2) is 45.9 Å². The van der Waals surface area contributed by atoms with Gasteiger partial charge in [-0.05, 0) is 19.3 Å². The Bertz CT molecular complexity index is 222. The molecule has 4 heteroatoms. The lowest BCUT2D eigenvalue weighted by atomic mass is 10.1. The molecule has 0 saturated carbocycles. The highest BCUT2D eigenvalue weighted by atomic mass is 127. The second kappa shape index (κ2) is 4.79. The molecule has 1 atom stereocenters. The molecule has 0 aromatic carbocycles. The van der Waals surface area contributed by atoms with E-state index in [9.17, 15) is 4.79 Å². The summed E-state index contributed by atoms with van der Waals surface area (Å²) in [5.74, 6) is 0.386. The summed E-state index contributed by atoms with van der Waals surface area (Å²) in [7, 11) is 0. The molecule has 2 heterocycles. The quantitative estimate of drug-likeness (QED) is 0.438. The highest BCUT2D eigenvalue weighted by Crippen LogP contribution is 2.21. The third kappa shape index (κ3) is 2.21. The summed E-state index contributed by atoms with van der Waals surface area (Å²) < 4.78 is 1.09. The Morgan fingerprint density at radius 3 is 2.86 bits per heavy atom. The third-order valence-electron chi connectivity index (χ3n) is 3.22. The summed E-state index contributed by atoms with van der Waals surface area (Å²) >= 11 is 2.40. The van der Waals surface area contributed by atoms with Crippen LogP contribution in [0.2, 0.25) is 0 Å². The van der Waals surface area contributed by atoms with Crippen LogP contribution in [0.5, 0.6) is 0 Å². The van der Waals surface area contributed by atoms with Crippen molar-refractivity contribution in [3.05, 3.63) is 0 Å². The second-order valence-corrected chi connectivity index (χ2v) is 4.87. The van der Waals surface area contributed by atoms with Gasteiger partial charge in [-0.2, -0.15) is 0 Å². The van der Waals surface area contributed by atoms with Gasteiger partial charge in [-0.15, -0.1) is 0 Å². The predicted octanol–water partition coefficient (Wildman–Crippen LogP) is 1.47. The number of carbonyl (C=O) groups is 1. The van der Waals surface area contributed by atoms with E-state index in [2.05, 4.69) is 32.4 Å². The molecule has 80 valence electrons. The van der Waals surface area contributed by atoms with E-state index in [0.29, 0.717) is 11.9 Å². The molecule has 2 saturated heterocycles. The van der Waals surface area contributed by atoms with Crippen LogP contribution >= 0.6 is 22.6 Å². The number of likely N-dealkylation sites (tertiary alicyclic amines) is 2. The number of rotatable bonds is 2. The molecule has 0 N–H and O–H groups in total. The van der Waals surface area contributed by atoms with Crippen molar-refractivity contribution in [3.63, 3.8) is 0 Å². The molecule has 1 amide bonds. The van der Waals surface area contributed by atoms with Crippen LogP contribution < -0.4 is 0 Å². The zero-order valence-electron chi connectivity index (χ0n) is 8.41.